The van der Waals surface area contributed by atoms with Crippen LogP contribution in [-0.2, 0) is 19.1 Å². The highest BCUT2D eigenvalue weighted by atomic mass is 16.5. The molecule has 0 heterocycles. The molecule has 7 nitrogen and oxygen atoms in total. The van der Waals surface area contributed by atoms with E-state index in [1.54, 1.807) is 0 Å². The van der Waals surface area contributed by atoms with Gasteiger partial charge >= 0.3 is 18.0 Å². The lowest BCUT2D eigenvalue weighted by molar-refractivity contribution is -0.143. The zero-order chi connectivity index (χ0) is 30.8. The minimum atomic E-state index is -0.578. The van der Waals surface area contributed by atoms with Crippen LogP contribution < -0.4 is 10.6 Å². The Kier molecular flexibility index (Phi) is 32.3. The molecular weight excluding hydrogens is 528 g/mol. The number of esters is 2. The van der Waals surface area contributed by atoms with Crippen molar-refractivity contribution in [1.82, 2.24) is 10.6 Å². The average Bonchev–Trinajstić information content (AvgIpc) is 2.99. The van der Waals surface area contributed by atoms with Crippen molar-refractivity contribution >= 4 is 18.0 Å². The molecule has 2 amide bonds. The molecule has 0 spiro atoms. The highest BCUT2D eigenvalue weighted by Crippen LogP contribution is 2.14. The topological polar surface area (TPSA) is 93.7 Å². The van der Waals surface area contributed by atoms with Crippen LogP contribution in [0.5, 0.6) is 0 Å². The summed E-state index contributed by atoms with van der Waals surface area (Å²) >= 11 is 0. The van der Waals surface area contributed by atoms with Gasteiger partial charge in [-0.25, -0.2) is 4.79 Å². The molecule has 0 fully saturated rings. The summed E-state index contributed by atoms with van der Waals surface area (Å²) in [6.07, 6.45) is 33.1. The summed E-state index contributed by atoms with van der Waals surface area (Å²) in [5, 5.41) is 4.84. The summed E-state index contributed by atoms with van der Waals surface area (Å²) in [6, 6.07) is -0.578. The van der Waals surface area contributed by atoms with Gasteiger partial charge in [0.05, 0.1) is 13.2 Å². The van der Waals surface area contributed by atoms with Crippen molar-refractivity contribution in [2.75, 3.05) is 26.3 Å². The maximum atomic E-state index is 11.8. The van der Waals surface area contributed by atoms with Crippen molar-refractivity contribution in [3.63, 3.8) is 0 Å². The predicted octanol–water partition coefficient (Wildman–Crippen LogP) is 9.55. The van der Waals surface area contributed by atoms with Gasteiger partial charge in [0, 0.05) is 0 Å². The third-order valence-electron chi connectivity index (χ3n) is 7.81. The molecule has 0 aromatic carbocycles. The number of urea groups is 1. The molecule has 0 radical (unpaired) electrons. The Hall–Kier alpha value is -1.79. The van der Waals surface area contributed by atoms with Crippen molar-refractivity contribution < 1.29 is 23.9 Å². The van der Waals surface area contributed by atoms with Crippen LogP contribution in [0.1, 0.15) is 181 Å². The van der Waals surface area contributed by atoms with Gasteiger partial charge in [0.25, 0.3) is 0 Å². The van der Waals surface area contributed by atoms with Gasteiger partial charge in [0.2, 0.25) is 0 Å². The summed E-state index contributed by atoms with van der Waals surface area (Å²) in [5.41, 5.74) is 0. The van der Waals surface area contributed by atoms with E-state index in [1.807, 2.05) is 0 Å². The molecular formula is C35H68N2O5. The third-order valence-corrected chi connectivity index (χ3v) is 7.81. The Morgan fingerprint density at radius 2 is 0.619 bits per heavy atom. The van der Waals surface area contributed by atoms with Crippen molar-refractivity contribution in [2.24, 2.45) is 0 Å². The minimum Gasteiger partial charge on any atom is -0.464 e. The van der Waals surface area contributed by atoms with Gasteiger partial charge in [-0.1, -0.05) is 168 Å². The van der Waals surface area contributed by atoms with Gasteiger partial charge in [-0.3, -0.25) is 9.59 Å². The quantitative estimate of drug-likeness (QED) is 0.0596. The Bertz CT molecular complexity index is 614. The monoisotopic (exact) mass is 597 g/mol. The summed E-state index contributed by atoms with van der Waals surface area (Å²) in [7, 11) is 0. The fourth-order valence-corrected chi connectivity index (χ4v) is 5.08. The molecule has 0 unspecified atom stereocenters. The smallest absolute Gasteiger partial charge is 0.325 e. The second-order valence-electron chi connectivity index (χ2n) is 12.0. The molecule has 0 aliphatic carbocycles. The Morgan fingerprint density at radius 1 is 0.381 bits per heavy atom. The van der Waals surface area contributed by atoms with Crippen LogP contribution >= 0.6 is 0 Å². The zero-order valence-corrected chi connectivity index (χ0v) is 27.8. The SMILES string of the molecule is CCCCCCCCCCCCCCCCCCOC(=O)CNC(=O)NCC(=O)OCCCCCCCCCCCC. The van der Waals surface area contributed by atoms with Gasteiger partial charge in [-0.15, -0.1) is 0 Å². The van der Waals surface area contributed by atoms with E-state index in [1.165, 1.54) is 141 Å². The number of carbonyl (C=O) groups excluding carboxylic acids is 3. The predicted molar refractivity (Wildman–Crippen MR) is 175 cm³/mol. The Morgan fingerprint density at radius 3 is 0.881 bits per heavy atom. The number of nitrogens with one attached hydrogen (secondary N) is 2. The lowest BCUT2D eigenvalue weighted by atomic mass is 10.0. The van der Waals surface area contributed by atoms with Gasteiger partial charge in [-0.05, 0) is 12.8 Å². The first-order chi connectivity index (χ1) is 20.6. The summed E-state index contributed by atoms with van der Waals surface area (Å²) in [6.45, 7) is 4.84. The maximum Gasteiger partial charge on any atom is 0.325 e. The lowest BCUT2D eigenvalue weighted by Gasteiger charge is -2.08. The average molecular weight is 597 g/mol. The first-order valence-electron chi connectivity index (χ1n) is 17.9. The molecule has 0 bridgehead atoms. The van der Waals surface area contributed by atoms with Gasteiger partial charge < -0.3 is 20.1 Å². The van der Waals surface area contributed by atoms with E-state index in [9.17, 15) is 14.4 Å². The molecule has 0 aromatic heterocycles. The number of carbonyl (C=O) groups is 3. The summed E-state index contributed by atoms with van der Waals surface area (Å²) in [5.74, 6) is -0.929. The second-order valence-corrected chi connectivity index (χ2v) is 12.0. The normalized spacial score (nSPS) is 10.9. The molecule has 2 N–H and O–H groups in total. The summed E-state index contributed by atoms with van der Waals surface area (Å²) < 4.78 is 10.3. The molecule has 0 saturated carbocycles. The standard InChI is InChI=1S/C35H68N2O5/c1-3-5-7-9-11-13-15-16-17-18-19-20-22-24-26-28-30-42-34(39)32-37-35(40)36-31-33(38)41-29-27-25-23-21-14-12-10-8-6-4-2/h3-32H2,1-2H3,(H2,36,37,40). The fraction of sp³-hybridized carbons (Fsp3) is 0.914. The van der Waals surface area contributed by atoms with Crippen LogP contribution in [0.3, 0.4) is 0 Å². The van der Waals surface area contributed by atoms with Crippen LogP contribution in [0.2, 0.25) is 0 Å². The van der Waals surface area contributed by atoms with Crippen molar-refractivity contribution in [1.29, 1.82) is 0 Å². The van der Waals surface area contributed by atoms with Gasteiger partial charge in [0.15, 0.2) is 0 Å². The van der Waals surface area contributed by atoms with Crippen molar-refractivity contribution in [3.8, 4) is 0 Å². The second kappa shape index (κ2) is 33.7. The zero-order valence-electron chi connectivity index (χ0n) is 27.8. The number of unbranched alkanes of at least 4 members (excludes halogenated alkanes) is 24. The van der Waals surface area contributed by atoms with E-state index in [4.69, 9.17) is 9.47 Å². The highest BCUT2D eigenvalue weighted by molar-refractivity contribution is 5.83. The largest absolute Gasteiger partial charge is 0.464 e. The third kappa shape index (κ3) is 32.7. The molecule has 0 aliphatic heterocycles. The van der Waals surface area contributed by atoms with E-state index in [2.05, 4.69) is 24.5 Å². The van der Waals surface area contributed by atoms with E-state index in [-0.39, 0.29) is 13.1 Å². The number of hydrogen-bond acceptors (Lipinski definition) is 5. The molecule has 248 valence electrons. The molecule has 0 aliphatic rings. The summed E-state index contributed by atoms with van der Waals surface area (Å²) in [4.78, 5) is 35.4. The van der Waals surface area contributed by atoms with Crippen molar-refractivity contribution in [3.05, 3.63) is 0 Å². The molecule has 0 aromatic rings. The Balaban J connectivity index is 3.38. The van der Waals surface area contributed by atoms with Crippen LogP contribution in [0.25, 0.3) is 0 Å². The number of rotatable bonds is 32. The van der Waals surface area contributed by atoms with Crippen LogP contribution in [0, 0.1) is 0 Å². The van der Waals surface area contributed by atoms with E-state index < -0.39 is 18.0 Å². The van der Waals surface area contributed by atoms with Crippen LogP contribution in [0.15, 0.2) is 0 Å². The molecule has 0 atom stereocenters. The lowest BCUT2D eigenvalue weighted by Crippen LogP contribution is -2.41. The molecule has 0 rings (SSSR count). The van der Waals surface area contributed by atoms with Gasteiger partial charge in [-0.2, -0.15) is 0 Å². The molecule has 0 saturated heterocycles. The van der Waals surface area contributed by atoms with E-state index in [0.717, 1.165) is 25.7 Å². The minimum absolute atomic E-state index is 0.210. The highest BCUT2D eigenvalue weighted by Gasteiger charge is 2.09. The number of amides is 2. The van der Waals surface area contributed by atoms with Gasteiger partial charge in [0.1, 0.15) is 13.1 Å². The fourth-order valence-electron chi connectivity index (χ4n) is 5.08. The first-order valence-corrected chi connectivity index (χ1v) is 17.9. The maximum absolute atomic E-state index is 11.8. The number of ether oxygens (including phenoxy) is 2. The molecule has 42 heavy (non-hydrogen) atoms. The van der Waals surface area contributed by atoms with Crippen LogP contribution in [0.4, 0.5) is 4.79 Å². The first kappa shape index (κ1) is 40.2. The number of hydrogen-bond donors (Lipinski definition) is 2. The molecule has 7 heteroatoms. The van der Waals surface area contributed by atoms with E-state index in [0.29, 0.717) is 13.2 Å². The van der Waals surface area contributed by atoms with E-state index >= 15 is 0 Å². The Labute approximate surface area is 259 Å². The van der Waals surface area contributed by atoms with Crippen LogP contribution in [-0.4, -0.2) is 44.3 Å². The van der Waals surface area contributed by atoms with Crippen molar-refractivity contribution in [2.45, 2.75) is 181 Å².